The van der Waals surface area contributed by atoms with Gasteiger partial charge in [-0.3, -0.25) is 10.1 Å². The van der Waals surface area contributed by atoms with E-state index in [0.717, 1.165) is 6.07 Å². The van der Waals surface area contributed by atoms with Crippen molar-refractivity contribution < 1.29 is 29.7 Å². The molecule has 2 rings (SSSR count). The number of non-ortho nitro benzene ring substituents is 1. The summed E-state index contributed by atoms with van der Waals surface area (Å²) in [4.78, 5) is 10.1. The molecule has 9 heteroatoms. The van der Waals surface area contributed by atoms with Crippen LogP contribution in [0.4, 0.5) is 5.69 Å². The van der Waals surface area contributed by atoms with Gasteiger partial charge in [0.25, 0.3) is 5.69 Å². The lowest BCUT2D eigenvalue weighted by molar-refractivity contribution is -0.384. The molecule has 22 heavy (non-hydrogen) atoms. The van der Waals surface area contributed by atoms with E-state index in [2.05, 4.69) is 0 Å². The van der Waals surface area contributed by atoms with E-state index in [0.29, 0.717) is 0 Å². The van der Waals surface area contributed by atoms with Crippen LogP contribution in [0.5, 0.6) is 5.75 Å². The average Bonchev–Trinajstić information content (AvgIpc) is 2.45. The number of ether oxygens (including phenoxy) is 2. The molecule has 0 radical (unpaired) electrons. The van der Waals surface area contributed by atoms with Crippen molar-refractivity contribution in [3.05, 3.63) is 33.3 Å². The van der Waals surface area contributed by atoms with E-state index in [1.807, 2.05) is 0 Å². The molecule has 1 aliphatic heterocycles. The summed E-state index contributed by atoms with van der Waals surface area (Å²) in [6, 6.07) is 3.56. The minimum absolute atomic E-state index is 0.0421. The fourth-order valence-corrected chi connectivity index (χ4v) is 2.49. The van der Waals surface area contributed by atoms with Crippen LogP contribution in [0.15, 0.2) is 18.2 Å². The Morgan fingerprint density at radius 1 is 1.36 bits per heavy atom. The van der Waals surface area contributed by atoms with Gasteiger partial charge < -0.3 is 24.8 Å². The van der Waals surface area contributed by atoms with Gasteiger partial charge in [0.15, 0.2) is 0 Å². The Bertz CT molecular complexity index is 584. The third-order valence-corrected chi connectivity index (χ3v) is 3.85. The Balaban J connectivity index is 2.27. The fraction of sp³-hybridized carbons (Fsp3) is 0.538. The molecule has 0 spiro atoms. The Morgan fingerprint density at radius 2 is 2.00 bits per heavy atom. The molecule has 1 saturated heterocycles. The molecule has 1 heterocycles. The first-order chi connectivity index (χ1) is 10.2. The SMILES string of the molecule is C[C@H]1O[C@@](C)(Oc2ccc([N+](=O)[O-])cc2Cl)[C@@H](O)[C@@H](O)[C@@H]1O. The molecule has 1 fully saturated rings. The minimum atomic E-state index is -1.67. The van der Waals surface area contributed by atoms with Crippen molar-refractivity contribution in [1.29, 1.82) is 0 Å². The van der Waals surface area contributed by atoms with Gasteiger partial charge in [0.1, 0.15) is 24.1 Å². The molecule has 0 amide bonds. The maximum absolute atomic E-state index is 10.7. The zero-order chi connectivity index (χ0) is 16.7. The zero-order valence-electron chi connectivity index (χ0n) is 11.8. The first kappa shape index (κ1) is 16.9. The second-order valence-electron chi connectivity index (χ2n) is 5.24. The maximum atomic E-state index is 10.7. The third-order valence-electron chi connectivity index (χ3n) is 3.55. The molecule has 0 saturated carbocycles. The van der Waals surface area contributed by atoms with Crippen LogP contribution in [0.2, 0.25) is 5.02 Å². The number of benzene rings is 1. The quantitative estimate of drug-likeness (QED) is 0.553. The second-order valence-corrected chi connectivity index (χ2v) is 5.65. The standard InChI is InChI=1S/C13H16ClNO7/c1-6-10(16)11(17)12(18)13(2,21-6)22-9-4-3-7(15(19)20)5-8(9)14/h3-6,10-12,16-18H,1-2H3/t6-,10-,11+,12+,13+/m1/s1. The highest BCUT2D eigenvalue weighted by Crippen LogP contribution is 2.36. The summed E-state index contributed by atoms with van der Waals surface area (Å²) >= 11 is 5.93. The number of hydrogen-bond donors (Lipinski definition) is 3. The third kappa shape index (κ3) is 3.01. The summed E-state index contributed by atoms with van der Waals surface area (Å²) in [6.45, 7) is 2.89. The summed E-state index contributed by atoms with van der Waals surface area (Å²) in [5, 5.41) is 40.2. The second kappa shape index (κ2) is 5.98. The van der Waals surface area contributed by atoms with Gasteiger partial charge in [-0.15, -0.1) is 0 Å². The van der Waals surface area contributed by atoms with Crippen molar-refractivity contribution in [2.75, 3.05) is 0 Å². The molecule has 0 aliphatic carbocycles. The first-order valence-electron chi connectivity index (χ1n) is 6.50. The number of rotatable bonds is 3. The summed E-state index contributed by atoms with van der Waals surface area (Å²) in [7, 11) is 0. The zero-order valence-corrected chi connectivity index (χ0v) is 12.6. The van der Waals surface area contributed by atoms with Crippen molar-refractivity contribution in [3.8, 4) is 5.75 Å². The molecule has 1 aromatic rings. The monoisotopic (exact) mass is 333 g/mol. The van der Waals surface area contributed by atoms with Crippen molar-refractivity contribution >= 4 is 17.3 Å². The van der Waals surface area contributed by atoms with Gasteiger partial charge in [0.2, 0.25) is 5.79 Å². The molecule has 1 aromatic carbocycles. The molecule has 8 nitrogen and oxygen atoms in total. The number of nitro benzene ring substituents is 1. The predicted octanol–water partition coefficient (Wildman–Crippen LogP) is 0.845. The van der Waals surface area contributed by atoms with E-state index in [9.17, 15) is 25.4 Å². The van der Waals surface area contributed by atoms with Crippen LogP contribution in [-0.2, 0) is 4.74 Å². The highest BCUT2D eigenvalue weighted by molar-refractivity contribution is 6.32. The number of aliphatic hydroxyl groups is 3. The summed E-state index contributed by atoms with van der Waals surface area (Å²) < 4.78 is 10.9. The minimum Gasteiger partial charge on any atom is -0.458 e. The van der Waals surface area contributed by atoms with E-state index in [1.165, 1.54) is 26.0 Å². The van der Waals surface area contributed by atoms with E-state index < -0.39 is 35.1 Å². The summed E-state index contributed by atoms with van der Waals surface area (Å²) in [6.07, 6.45) is -5.06. The number of nitro groups is 1. The van der Waals surface area contributed by atoms with Crippen molar-refractivity contribution in [2.45, 2.75) is 44.1 Å². The Hall–Kier alpha value is -1.45. The Kier molecular flexibility index (Phi) is 4.59. The molecule has 1 aliphatic rings. The van der Waals surface area contributed by atoms with E-state index in [4.69, 9.17) is 21.1 Å². The van der Waals surface area contributed by atoms with Crippen LogP contribution < -0.4 is 4.74 Å². The molecular formula is C13H16ClNO7. The lowest BCUT2D eigenvalue weighted by atomic mass is 9.94. The van der Waals surface area contributed by atoms with Gasteiger partial charge >= 0.3 is 0 Å². The molecular weight excluding hydrogens is 318 g/mol. The number of hydrogen-bond acceptors (Lipinski definition) is 7. The lowest BCUT2D eigenvalue weighted by Crippen LogP contribution is -2.64. The molecule has 0 aromatic heterocycles. The summed E-state index contributed by atoms with van der Waals surface area (Å²) in [5.74, 6) is -1.62. The van der Waals surface area contributed by atoms with Crippen molar-refractivity contribution in [1.82, 2.24) is 0 Å². The van der Waals surface area contributed by atoms with Gasteiger partial charge in [0.05, 0.1) is 16.0 Å². The van der Waals surface area contributed by atoms with Crippen LogP contribution in [-0.4, -0.2) is 50.4 Å². The number of nitrogens with zero attached hydrogens (tertiary/aromatic N) is 1. The van der Waals surface area contributed by atoms with E-state index >= 15 is 0 Å². The Labute approximate surface area is 131 Å². The summed E-state index contributed by atoms with van der Waals surface area (Å²) in [5.41, 5.74) is -0.212. The topological polar surface area (TPSA) is 122 Å². The van der Waals surface area contributed by atoms with Gasteiger partial charge in [-0.05, 0) is 13.0 Å². The highest BCUT2D eigenvalue weighted by Gasteiger charge is 2.51. The van der Waals surface area contributed by atoms with Crippen LogP contribution in [0.25, 0.3) is 0 Å². The first-order valence-corrected chi connectivity index (χ1v) is 6.88. The Morgan fingerprint density at radius 3 is 2.55 bits per heavy atom. The van der Waals surface area contributed by atoms with E-state index in [1.54, 1.807) is 0 Å². The van der Waals surface area contributed by atoms with Crippen LogP contribution in [0.1, 0.15) is 13.8 Å². The number of aliphatic hydroxyl groups excluding tert-OH is 3. The number of halogens is 1. The molecule has 122 valence electrons. The fourth-order valence-electron chi connectivity index (χ4n) is 2.27. The van der Waals surface area contributed by atoms with Crippen molar-refractivity contribution in [2.24, 2.45) is 0 Å². The normalized spacial score (nSPS) is 35.2. The van der Waals surface area contributed by atoms with Gasteiger partial charge in [-0.25, -0.2) is 0 Å². The van der Waals surface area contributed by atoms with Crippen LogP contribution >= 0.6 is 11.6 Å². The van der Waals surface area contributed by atoms with Gasteiger partial charge in [0, 0.05) is 19.1 Å². The van der Waals surface area contributed by atoms with E-state index in [-0.39, 0.29) is 16.5 Å². The predicted molar refractivity (Wildman–Crippen MR) is 75.7 cm³/mol. The van der Waals surface area contributed by atoms with Gasteiger partial charge in [-0.2, -0.15) is 0 Å². The molecule has 5 atom stereocenters. The smallest absolute Gasteiger partial charge is 0.271 e. The highest BCUT2D eigenvalue weighted by atomic mass is 35.5. The lowest BCUT2D eigenvalue weighted by Gasteiger charge is -2.45. The van der Waals surface area contributed by atoms with Crippen molar-refractivity contribution in [3.63, 3.8) is 0 Å². The maximum Gasteiger partial charge on any atom is 0.271 e. The molecule has 0 unspecified atom stereocenters. The average molecular weight is 334 g/mol. The van der Waals surface area contributed by atoms with Crippen LogP contribution in [0.3, 0.4) is 0 Å². The molecule has 0 bridgehead atoms. The van der Waals surface area contributed by atoms with Gasteiger partial charge in [-0.1, -0.05) is 11.6 Å². The largest absolute Gasteiger partial charge is 0.458 e. The van der Waals surface area contributed by atoms with Crippen LogP contribution in [0, 0.1) is 10.1 Å². The molecule has 3 N–H and O–H groups in total.